The van der Waals surface area contributed by atoms with Crippen LogP contribution in [-0.2, 0) is 11.2 Å². The van der Waals surface area contributed by atoms with E-state index >= 15 is 0 Å². The molecule has 0 amide bonds. The second-order valence-corrected chi connectivity index (χ2v) is 3.06. The lowest BCUT2D eigenvalue weighted by atomic mass is 10.00. The van der Waals surface area contributed by atoms with Gasteiger partial charge >= 0.3 is 5.63 Å². The van der Waals surface area contributed by atoms with Gasteiger partial charge in [0.15, 0.2) is 5.78 Å². The monoisotopic (exact) mass is 176 g/mol. The molecular weight excluding hydrogens is 168 g/mol. The van der Waals surface area contributed by atoms with Crippen LogP contribution in [0.15, 0.2) is 21.4 Å². The number of carbonyl (C=O) groups is 1. The van der Waals surface area contributed by atoms with Crippen molar-refractivity contribution in [2.75, 3.05) is 0 Å². The highest BCUT2D eigenvalue weighted by molar-refractivity contribution is 5.97. The molecule has 0 fully saturated rings. The number of hydrogen-bond acceptors (Lipinski definition) is 3. The van der Waals surface area contributed by atoms with Crippen molar-refractivity contribution in [3.63, 3.8) is 0 Å². The second kappa shape index (κ2) is 2.69. The minimum absolute atomic E-state index is 0.0266. The highest BCUT2D eigenvalue weighted by Crippen LogP contribution is 2.18. The summed E-state index contributed by atoms with van der Waals surface area (Å²) in [5, 5.41) is 0. The van der Waals surface area contributed by atoms with Crippen LogP contribution in [0.2, 0.25) is 0 Å². The lowest BCUT2D eigenvalue weighted by molar-refractivity contribution is -0.114. The number of allylic oxidation sites excluding steroid dienone is 1. The predicted molar refractivity (Wildman–Crippen MR) is 47.5 cm³/mol. The summed E-state index contributed by atoms with van der Waals surface area (Å²) in [6, 6.07) is 1.43. The molecule has 1 aliphatic carbocycles. The molecular formula is C10H8O3. The zero-order valence-corrected chi connectivity index (χ0v) is 7.16. The van der Waals surface area contributed by atoms with Gasteiger partial charge in [0.05, 0.1) is 6.42 Å². The molecule has 0 radical (unpaired) electrons. The Bertz CT molecular complexity index is 452. The average Bonchev–Trinajstić information content (AvgIpc) is 2.02. The van der Waals surface area contributed by atoms with Gasteiger partial charge in [-0.25, -0.2) is 4.79 Å². The lowest BCUT2D eigenvalue weighted by Gasteiger charge is -2.08. The van der Waals surface area contributed by atoms with Crippen LogP contribution in [0.5, 0.6) is 0 Å². The fraction of sp³-hybridized carbons (Fsp3) is 0.200. The maximum Gasteiger partial charge on any atom is 0.336 e. The van der Waals surface area contributed by atoms with Crippen molar-refractivity contribution < 1.29 is 9.21 Å². The second-order valence-electron chi connectivity index (χ2n) is 3.06. The zero-order chi connectivity index (χ0) is 9.42. The Kier molecular flexibility index (Phi) is 1.65. The fourth-order valence-electron chi connectivity index (χ4n) is 1.43. The molecule has 0 saturated carbocycles. The van der Waals surface area contributed by atoms with Gasteiger partial charge in [-0.2, -0.15) is 0 Å². The Balaban J connectivity index is 2.69. The van der Waals surface area contributed by atoms with Crippen LogP contribution in [0.25, 0.3) is 6.08 Å². The maximum absolute atomic E-state index is 11.0. The van der Waals surface area contributed by atoms with Gasteiger partial charge in [0.25, 0.3) is 0 Å². The molecule has 0 aromatic carbocycles. The SMILES string of the molecule is Cc1cc(=O)oc2c1C=CC(=O)C2. The van der Waals surface area contributed by atoms with Crippen molar-refractivity contribution >= 4 is 11.9 Å². The van der Waals surface area contributed by atoms with E-state index in [-0.39, 0.29) is 17.8 Å². The average molecular weight is 176 g/mol. The summed E-state index contributed by atoms with van der Waals surface area (Å²) >= 11 is 0. The molecule has 0 atom stereocenters. The molecule has 3 heteroatoms. The van der Waals surface area contributed by atoms with E-state index in [2.05, 4.69) is 0 Å². The molecule has 0 N–H and O–H groups in total. The molecule has 0 spiro atoms. The summed E-state index contributed by atoms with van der Waals surface area (Å²) in [5.41, 5.74) is 1.33. The normalized spacial score (nSPS) is 14.4. The third-order valence-electron chi connectivity index (χ3n) is 2.05. The highest BCUT2D eigenvalue weighted by atomic mass is 16.4. The first-order chi connectivity index (χ1) is 6.16. The fourth-order valence-corrected chi connectivity index (χ4v) is 1.43. The first-order valence-electron chi connectivity index (χ1n) is 4.01. The summed E-state index contributed by atoms with van der Waals surface area (Å²) in [5.74, 6) is 0.457. The Hall–Kier alpha value is -1.64. The summed E-state index contributed by atoms with van der Waals surface area (Å²) in [6.07, 6.45) is 3.40. The Labute approximate surface area is 74.7 Å². The largest absolute Gasteiger partial charge is 0.427 e. The van der Waals surface area contributed by atoms with Gasteiger partial charge in [0.1, 0.15) is 5.76 Å². The standard InChI is InChI=1S/C10H8O3/c1-6-4-10(12)13-9-5-7(11)2-3-8(6)9/h2-4H,5H2,1H3. The van der Waals surface area contributed by atoms with Crippen LogP contribution < -0.4 is 5.63 Å². The Morgan fingerprint density at radius 3 is 2.85 bits per heavy atom. The van der Waals surface area contributed by atoms with Crippen molar-refractivity contribution in [1.29, 1.82) is 0 Å². The molecule has 0 bridgehead atoms. The molecule has 0 saturated heterocycles. The van der Waals surface area contributed by atoms with E-state index in [1.165, 1.54) is 12.1 Å². The van der Waals surface area contributed by atoms with Gasteiger partial charge < -0.3 is 4.42 Å². The zero-order valence-electron chi connectivity index (χ0n) is 7.16. The van der Waals surface area contributed by atoms with Crippen molar-refractivity contribution in [1.82, 2.24) is 0 Å². The Morgan fingerprint density at radius 2 is 2.08 bits per heavy atom. The van der Waals surface area contributed by atoms with Crippen LogP contribution in [0.3, 0.4) is 0 Å². The van der Waals surface area contributed by atoms with Crippen LogP contribution in [0, 0.1) is 6.92 Å². The third kappa shape index (κ3) is 1.33. The smallest absolute Gasteiger partial charge is 0.336 e. The molecule has 1 aromatic rings. The van der Waals surface area contributed by atoms with Crippen molar-refractivity contribution in [3.8, 4) is 0 Å². The van der Waals surface area contributed by atoms with Gasteiger partial charge in [0, 0.05) is 11.6 Å². The van der Waals surface area contributed by atoms with E-state index in [1.807, 2.05) is 6.92 Å². The number of carbonyl (C=O) groups excluding carboxylic acids is 1. The lowest BCUT2D eigenvalue weighted by Crippen LogP contribution is -2.11. The molecule has 2 rings (SSSR count). The summed E-state index contributed by atoms with van der Waals surface area (Å²) in [7, 11) is 0. The molecule has 13 heavy (non-hydrogen) atoms. The highest BCUT2D eigenvalue weighted by Gasteiger charge is 2.15. The van der Waals surface area contributed by atoms with E-state index in [4.69, 9.17) is 4.42 Å². The van der Waals surface area contributed by atoms with Gasteiger partial charge in [-0.05, 0) is 24.6 Å². The van der Waals surface area contributed by atoms with Crippen molar-refractivity contribution in [3.05, 3.63) is 39.4 Å². The topological polar surface area (TPSA) is 47.3 Å². The van der Waals surface area contributed by atoms with Crippen LogP contribution >= 0.6 is 0 Å². The summed E-state index contributed by atoms with van der Waals surface area (Å²) in [6.45, 7) is 1.83. The van der Waals surface area contributed by atoms with E-state index in [0.29, 0.717) is 5.76 Å². The predicted octanol–water partition coefficient (Wildman–Crippen LogP) is 1.09. The number of aryl methyl sites for hydroxylation is 1. The molecule has 66 valence electrons. The molecule has 0 aliphatic heterocycles. The van der Waals surface area contributed by atoms with Crippen molar-refractivity contribution in [2.24, 2.45) is 0 Å². The first kappa shape index (κ1) is 7.98. The van der Waals surface area contributed by atoms with Gasteiger partial charge in [0.2, 0.25) is 0 Å². The van der Waals surface area contributed by atoms with Gasteiger partial charge in [-0.1, -0.05) is 0 Å². The maximum atomic E-state index is 11.0. The van der Waals surface area contributed by atoms with Crippen LogP contribution in [0.4, 0.5) is 0 Å². The number of rotatable bonds is 0. The molecule has 3 nitrogen and oxygen atoms in total. The quantitative estimate of drug-likeness (QED) is 0.594. The molecule has 0 unspecified atom stereocenters. The molecule has 1 aromatic heterocycles. The van der Waals surface area contributed by atoms with E-state index in [0.717, 1.165) is 11.1 Å². The van der Waals surface area contributed by atoms with Crippen LogP contribution in [-0.4, -0.2) is 5.78 Å². The van der Waals surface area contributed by atoms with E-state index in [1.54, 1.807) is 6.08 Å². The van der Waals surface area contributed by atoms with Gasteiger partial charge in [-0.3, -0.25) is 4.79 Å². The minimum Gasteiger partial charge on any atom is -0.427 e. The van der Waals surface area contributed by atoms with Gasteiger partial charge in [-0.15, -0.1) is 0 Å². The van der Waals surface area contributed by atoms with Crippen molar-refractivity contribution in [2.45, 2.75) is 13.3 Å². The Morgan fingerprint density at radius 1 is 1.31 bits per heavy atom. The summed E-state index contributed by atoms with van der Waals surface area (Å²) in [4.78, 5) is 22.0. The summed E-state index contributed by atoms with van der Waals surface area (Å²) < 4.78 is 4.92. The van der Waals surface area contributed by atoms with Crippen LogP contribution in [0.1, 0.15) is 16.9 Å². The number of ketones is 1. The number of hydrogen-bond donors (Lipinski definition) is 0. The molecule has 1 heterocycles. The number of fused-ring (bicyclic) bond motifs is 1. The van der Waals surface area contributed by atoms with E-state index < -0.39 is 0 Å². The van der Waals surface area contributed by atoms with E-state index in [9.17, 15) is 9.59 Å². The third-order valence-corrected chi connectivity index (χ3v) is 2.05. The minimum atomic E-state index is -0.389. The molecule has 1 aliphatic rings. The first-order valence-corrected chi connectivity index (χ1v) is 4.01.